The highest BCUT2D eigenvalue weighted by Crippen LogP contribution is 2.13. The minimum absolute atomic E-state index is 0.267. The van der Waals surface area contributed by atoms with Crippen LogP contribution in [0.4, 0.5) is 8.78 Å². The lowest BCUT2D eigenvalue weighted by molar-refractivity contribution is 0.612. The summed E-state index contributed by atoms with van der Waals surface area (Å²) in [6.07, 6.45) is 6.74. The Morgan fingerprint density at radius 2 is 1.25 bits per heavy atom. The van der Waals surface area contributed by atoms with Gasteiger partial charge in [-0.15, -0.1) is 0 Å². The van der Waals surface area contributed by atoms with Gasteiger partial charge < -0.3 is 0 Å². The van der Waals surface area contributed by atoms with E-state index in [9.17, 15) is 8.78 Å². The number of halogens is 2. The van der Waals surface area contributed by atoms with Crippen LogP contribution in [0.3, 0.4) is 0 Å². The monoisotopic (exact) mass is 426 g/mol. The number of hydrogen-bond donors (Lipinski definition) is 0. The number of benzene rings is 3. The van der Waals surface area contributed by atoms with E-state index in [0.29, 0.717) is 23.1 Å². The van der Waals surface area contributed by atoms with Crippen LogP contribution >= 0.6 is 0 Å². The van der Waals surface area contributed by atoms with Crippen LogP contribution in [-0.4, -0.2) is 0 Å². The lowest BCUT2D eigenvalue weighted by atomic mass is 10.0. The van der Waals surface area contributed by atoms with E-state index in [1.54, 1.807) is 24.3 Å². The summed E-state index contributed by atoms with van der Waals surface area (Å²) in [4.78, 5) is 0. The molecule has 0 radical (unpaired) electrons. The van der Waals surface area contributed by atoms with Crippen molar-refractivity contribution in [3.8, 4) is 23.7 Å². The third kappa shape index (κ3) is 6.83. The third-order valence-electron chi connectivity index (χ3n) is 5.37. The SMILES string of the molecule is CCCCCCc1ccc(C#Cc2ccc(C#Cc3ccc(CC)c(F)c3)c(F)c2)cc1. The molecule has 0 saturated carbocycles. The van der Waals surface area contributed by atoms with Gasteiger partial charge in [-0.1, -0.05) is 75.0 Å². The number of aryl methyl sites for hydroxylation is 2. The maximum absolute atomic E-state index is 14.5. The fourth-order valence-corrected chi connectivity index (χ4v) is 3.40. The smallest absolute Gasteiger partial charge is 0.140 e. The van der Waals surface area contributed by atoms with Gasteiger partial charge in [0.15, 0.2) is 0 Å². The summed E-state index contributed by atoms with van der Waals surface area (Å²) in [5.41, 5.74) is 4.26. The topological polar surface area (TPSA) is 0 Å². The fraction of sp³-hybridized carbons (Fsp3) is 0.267. The summed E-state index contributed by atoms with van der Waals surface area (Å²) in [7, 11) is 0. The summed E-state index contributed by atoms with van der Waals surface area (Å²) in [5, 5.41) is 0. The molecule has 0 amide bonds. The summed E-state index contributed by atoms with van der Waals surface area (Å²) < 4.78 is 28.3. The largest absolute Gasteiger partial charge is 0.207 e. The molecule has 2 heteroatoms. The normalized spacial score (nSPS) is 10.1. The molecular formula is C30H28F2. The first-order valence-electron chi connectivity index (χ1n) is 11.3. The van der Waals surface area contributed by atoms with Crippen molar-refractivity contribution in [2.75, 3.05) is 0 Å². The van der Waals surface area contributed by atoms with Gasteiger partial charge in [-0.25, -0.2) is 8.78 Å². The van der Waals surface area contributed by atoms with Crippen LogP contribution in [0, 0.1) is 35.3 Å². The second-order valence-corrected chi connectivity index (χ2v) is 7.86. The zero-order valence-corrected chi connectivity index (χ0v) is 18.8. The Balaban J connectivity index is 1.65. The molecule has 0 aliphatic rings. The minimum atomic E-state index is -0.433. The zero-order chi connectivity index (χ0) is 22.8. The first-order chi connectivity index (χ1) is 15.6. The summed E-state index contributed by atoms with van der Waals surface area (Å²) >= 11 is 0. The highest BCUT2D eigenvalue weighted by molar-refractivity contribution is 5.49. The van der Waals surface area contributed by atoms with Crippen molar-refractivity contribution < 1.29 is 8.78 Å². The summed E-state index contributed by atoms with van der Waals surface area (Å²) in [6.45, 7) is 4.11. The average Bonchev–Trinajstić information content (AvgIpc) is 2.81. The van der Waals surface area contributed by atoms with E-state index in [0.717, 1.165) is 12.0 Å². The molecule has 0 aliphatic heterocycles. The molecule has 0 aliphatic carbocycles. The molecule has 0 saturated heterocycles. The molecule has 32 heavy (non-hydrogen) atoms. The van der Waals surface area contributed by atoms with E-state index in [-0.39, 0.29) is 11.4 Å². The number of hydrogen-bond acceptors (Lipinski definition) is 0. The van der Waals surface area contributed by atoms with Crippen LogP contribution in [0.5, 0.6) is 0 Å². The molecule has 3 aromatic rings. The van der Waals surface area contributed by atoms with E-state index in [4.69, 9.17) is 0 Å². The van der Waals surface area contributed by atoms with Crippen LogP contribution in [-0.2, 0) is 12.8 Å². The lowest BCUT2D eigenvalue weighted by Crippen LogP contribution is -1.89. The van der Waals surface area contributed by atoms with Crippen molar-refractivity contribution in [1.29, 1.82) is 0 Å². The highest BCUT2D eigenvalue weighted by atomic mass is 19.1. The maximum Gasteiger partial charge on any atom is 0.140 e. The van der Waals surface area contributed by atoms with Crippen LogP contribution in [0.15, 0.2) is 60.7 Å². The molecule has 3 rings (SSSR count). The third-order valence-corrected chi connectivity index (χ3v) is 5.37. The van der Waals surface area contributed by atoms with Gasteiger partial charge in [0.1, 0.15) is 11.6 Å². The second kappa shape index (κ2) is 11.9. The van der Waals surface area contributed by atoms with E-state index >= 15 is 0 Å². The van der Waals surface area contributed by atoms with Gasteiger partial charge in [0.25, 0.3) is 0 Å². The van der Waals surface area contributed by atoms with Crippen LogP contribution in [0.25, 0.3) is 0 Å². The maximum atomic E-state index is 14.5. The van der Waals surface area contributed by atoms with Crippen LogP contribution in [0.1, 0.15) is 72.9 Å². The first-order valence-corrected chi connectivity index (χ1v) is 11.3. The molecule has 0 fully saturated rings. The fourth-order valence-electron chi connectivity index (χ4n) is 3.40. The molecule has 0 N–H and O–H groups in total. The van der Waals surface area contributed by atoms with Gasteiger partial charge >= 0.3 is 0 Å². The molecule has 0 aromatic heterocycles. The summed E-state index contributed by atoms with van der Waals surface area (Å²) in [6, 6.07) is 17.9. The Morgan fingerprint density at radius 3 is 1.91 bits per heavy atom. The predicted octanol–water partition coefficient (Wildman–Crippen LogP) is 7.45. The molecule has 3 aromatic carbocycles. The second-order valence-electron chi connectivity index (χ2n) is 7.86. The lowest BCUT2D eigenvalue weighted by Gasteiger charge is -2.01. The molecule has 0 heterocycles. The Hall–Kier alpha value is -3.36. The van der Waals surface area contributed by atoms with Crippen LogP contribution in [0.2, 0.25) is 0 Å². The van der Waals surface area contributed by atoms with E-state index in [2.05, 4.69) is 42.7 Å². The molecule has 0 bridgehead atoms. The molecule has 0 atom stereocenters. The molecule has 0 unspecified atom stereocenters. The standard InChI is InChI=1S/C30H28F2/c1-3-5-6-7-8-23-9-11-24(12-10-23)13-14-25-16-19-28(30(32)22-25)20-17-26-15-18-27(4-2)29(31)21-26/h9-12,15-16,18-19,21-22H,3-8H2,1-2H3. The van der Waals surface area contributed by atoms with E-state index in [1.807, 2.05) is 19.1 Å². The van der Waals surface area contributed by atoms with Gasteiger partial charge in [0.2, 0.25) is 0 Å². The first kappa shape index (κ1) is 23.3. The van der Waals surface area contributed by atoms with E-state index in [1.165, 1.54) is 43.4 Å². The van der Waals surface area contributed by atoms with Crippen molar-refractivity contribution in [3.63, 3.8) is 0 Å². The van der Waals surface area contributed by atoms with Crippen molar-refractivity contribution in [1.82, 2.24) is 0 Å². The highest BCUT2D eigenvalue weighted by Gasteiger charge is 2.02. The van der Waals surface area contributed by atoms with Crippen LogP contribution < -0.4 is 0 Å². The van der Waals surface area contributed by atoms with Gasteiger partial charge in [0, 0.05) is 16.7 Å². The van der Waals surface area contributed by atoms with Gasteiger partial charge in [-0.05, 0) is 72.9 Å². The minimum Gasteiger partial charge on any atom is -0.207 e. The number of unbranched alkanes of at least 4 members (excludes halogenated alkanes) is 3. The Kier molecular flexibility index (Phi) is 8.65. The molecular weight excluding hydrogens is 398 g/mol. The Bertz CT molecular complexity index is 1170. The van der Waals surface area contributed by atoms with Gasteiger partial charge in [-0.3, -0.25) is 0 Å². The quantitative estimate of drug-likeness (QED) is 0.284. The zero-order valence-electron chi connectivity index (χ0n) is 18.8. The van der Waals surface area contributed by atoms with Crippen molar-refractivity contribution in [3.05, 3.63) is 106 Å². The summed E-state index contributed by atoms with van der Waals surface area (Å²) in [5.74, 6) is 11.0. The Morgan fingerprint density at radius 1 is 0.625 bits per heavy atom. The predicted molar refractivity (Wildman–Crippen MR) is 128 cm³/mol. The van der Waals surface area contributed by atoms with Gasteiger partial charge in [0.05, 0.1) is 5.56 Å². The van der Waals surface area contributed by atoms with Gasteiger partial charge in [-0.2, -0.15) is 0 Å². The molecule has 162 valence electrons. The van der Waals surface area contributed by atoms with Crippen molar-refractivity contribution in [2.24, 2.45) is 0 Å². The molecule has 0 nitrogen and oxygen atoms in total. The van der Waals surface area contributed by atoms with Crippen molar-refractivity contribution in [2.45, 2.75) is 52.4 Å². The van der Waals surface area contributed by atoms with E-state index < -0.39 is 5.82 Å². The number of rotatable bonds is 6. The van der Waals surface area contributed by atoms with Crippen molar-refractivity contribution >= 4 is 0 Å². The molecule has 0 spiro atoms. The average molecular weight is 427 g/mol. The Labute approximate surface area is 190 Å².